The molecule has 36 heteroatoms. The molecular formula is C58H93ClN4O18S11Si2. The second kappa shape index (κ2) is 32.9. The van der Waals surface area contributed by atoms with Crippen LogP contribution in [0, 0.1) is 41.5 Å². The number of hydrogen-bond acceptors (Lipinski definition) is 25. The van der Waals surface area contributed by atoms with Crippen molar-refractivity contribution in [1.29, 1.82) is 0 Å². The van der Waals surface area contributed by atoms with E-state index in [4.69, 9.17) is 26.1 Å². The fraction of sp³-hybridized carbons (Fsp3) is 0.534. The van der Waals surface area contributed by atoms with Gasteiger partial charge in [0.05, 0.1) is 62.9 Å². The van der Waals surface area contributed by atoms with Gasteiger partial charge in [-0.25, -0.2) is 67.7 Å². The first-order valence-electron chi connectivity index (χ1n) is 28.0. The molecule has 0 bridgehead atoms. The molecule has 9 N–H and O–H groups in total. The lowest BCUT2D eigenvalue weighted by Gasteiger charge is -2.36. The average Bonchev–Trinajstić information content (AvgIpc) is 1.48. The van der Waals surface area contributed by atoms with Crippen LogP contribution in [0.2, 0.25) is 36.3 Å². The summed E-state index contributed by atoms with van der Waals surface area (Å²) in [5, 5.41) is 48.1. The van der Waals surface area contributed by atoms with Crippen molar-refractivity contribution in [2.45, 2.75) is 199 Å². The van der Waals surface area contributed by atoms with Gasteiger partial charge in [0, 0.05) is 45.3 Å². The summed E-state index contributed by atoms with van der Waals surface area (Å²) in [6.07, 6.45) is 0. The molecule has 94 heavy (non-hydrogen) atoms. The molecule has 0 saturated heterocycles. The van der Waals surface area contributed by atoms with Crippen LogP contribution >= 0.6 is 78.7 Å². The summed E-state index contributed by atoms with van der Waals surface area (Å²) in [4.78, 5) is 37.8. The summed E-state index contributed by atoms with van der Waals surface area (Å²) in [5.41, 5.74) is 0.213. The Balaban J connectivity index is 0.000000573. The lowest BCUT2D eigenvalue weighted by molar-refractivity contribution is 0.0591. The third kappa shape index (κ3) is 25.9. The summed E-state index contributed by atoms with van der Waals surface area (Å²) in [6, 6.07) is 9.04. The first kappa shape index (κ1) is 88.9. The van der Waals surface area contributed by atoms with Crippen molar-refractivity contribution in [3.8, 4) is 0 Å². The number of aryl methyl sites for hydroxylation is 6. The Bertz CT molecular complexity index is 4160. The van der Waals surface area contributed by atoms with E-state index in [2.05, 4.69) is 86.0 Å². The number of hydrogen-bond donors (Lipinski definition) is 6. The SMILES string of the molecule is COC(=O)c1cc(S(=O)(=O)Cl)sc1C.COC(=O)c1cc(S(N)(=O)=O)sc1C.COC(=O)c1ccsc1C.Cc1sc(S(=O)(=O)C[Si](C)(C)C(C)(C)C)cc1C(C)(C)O.Cc1sc(S(N)(=O)=N[Si](C)(C)C(C)(C)C)cc1C(C)(C)O.Cc1sc(S(N)(=O)=O)cc1C(C)(C)O. The minimum Gasteiger partial charge on any atom is -0.465 e. The molecule has 0 radical (unpaired) electrons. The molecule has 534 valence electrons. The highest BCUT2D eigenvalue weighted by Crippen LogP contribution is 2.42. The number of carbonyl (C=O) groups excluding carboxylic acids is 3. The lowest BCUT2D eigenvalue weighted by atomic mass is 10.00. The number of nitrogens with two attached hydrogens (primary N) is 3. The van der Waals surface area contributed by atoms with Crippen LogP contribution in [0.15, 0.2) is 66.9 Å². The Morgan fingerprint density at radius 3 is 1.06 bits per heavy atom. The summed E-state index contributed by atoms with van der Waals surface area (Å²) in [5.74, 6) is -1.38. The van der Waals surface area contributed by atoms with Crippen LogP contribution < -0.4 is 15.4 Å². The molecule has 0 aliphatic carbocycles. The van der Waals surface area contributed by atoms with Gasteiger partial charge in [-0.05, 0) is 165 Å². The topological polar surface area (TPSA) is 384 Å². The molecule has 0 amide bonds. The molecule has 1 atom stereocenters. The molecule has 1 unspecified atom stereocenters. The maximum absolute atomic E-state index is 12.9. The third-order valence-electron chi connectivity index (χ3n) is 14.7. The molecule has 0 aliphatic heterocycles. The van der Waals surface area contributed by atoms with Crippen molar-refractivity contribution in [3.05, 3.63) is 104 Å². The molecule has 6 aromatic heterocycles. The quantitative estimate of drug-likeness (QED) is 0.0255. The van der Waals surface area contributed by atoms with Crippen molar-refractivity contribution in [3.63, 3.8) is 0 Å². The van der Waals surface area contributed by atoms with E-state index in [1.165, 1.54) is 62.2 Å². The number of primary sulfonamides is 2. The first-order chi connectivity index (χ1) is 41.7. The fourth-order valence-electron chi connectivity index (χ4n) is 7.41. The zero-order valence-electron chi connectivity index (χ0n) is 57.8. The predicted molar refractivity (Wildman–Crippen MR) is 389 cm³/mol. The van der Waals surface area contributed by atoms with E-state index in [-0.39, 0.29) is 45.2 Å². The summed E-state index contributed by atoms with van der Waals surface area (Å²) in [7, 11) is -12.4. The predicted octanol–water partition coefficient (Wildman–Crippen LogP) is 13.1. The van der Waals surface area contributed by atoms with Gasteiger partial charge < -0.3 is 29.5 Å². The zero-order valence-corrected chi connectivity index (χ0v) is 69.5. The van der Waals surface area contributed by atoms with E-state index in [0.717, 1.165) is 59.1 Å². The van der Waals surface area contributed by atoms with Crippen LogP contribution in [-0.2, 0) is 79.9 Å². The lowest BCUT2D eigenvalue weighted by Crippen LogP contribution is -2.44. The number of sulfone groups is 1. The number of sulfonamides is 2. The number of methoxy groups -OCH3 is 3. The Morgan fingerprint density at radius 2 is 0.787 bits per heavy atom. The highest BCUT2D eigenvalue weighted by molar-refractivity contribution is 8.15. The molecule has 6 aromatic rings. The molecule has 6 rings (SSSR count). The van der Waals surface area contributed by atoms with Gasteiger partial charge in [0.15, 0.2) is 18.1 Å². The second-order valence-electron chi connectivity index (χ2n) is 26.1. The van der Waals surface area contributed by atoms with Crippen LogP contribution in [0.3, 0.4) is 0 Å². The van der Waals surface area contributed by atoms with E-state index in [1.807, 2.05) is 26.2 Å². The largest absolute Gasteiger partial charge is 0.465 e. The van der Waals surface area contributed by atoms with Gasteiger partial charge in [0.1, 0.15) is 31.0 Å². The number of carbonyl (C=O) groups is 3. The normalized spacial score (nSPS) is 13.3. The van der Waals surface area contributed by atoms with Gasteiger partial charge in [-0.15, -0.1) is 68.0 Å². The number of aliphatic hydroxyl groups is 3. The number of halogens is 1. The van der Waals surface area contributed by atoms with Crippen LogP contribution in [-0.4, -0.2) is 114 Å². The Hall–Kier alpha value is -3.16. The fourth-order valence-corrected chi connectivity index (χ4v) is 29.4. The number of esters is 3. The molecule has 0 fully saturated rings. The van der Waals surface area contributed by atoms with Crippen LogP contribution in [0.25, 0.3) is 0 Å². The third-order valence-corrected chi connectivity index (χ3v) is 43.8. The molecular weight excluding hydrogens is 1490 g/mol. The number of thiophene rings is 6. The number of nitrogens with zero attached hydrogens (tertiary/aromatic N) is 1. The molecule has 0 aromatic carbocycles. The zero-order chi connectivity index (χ0) is 74.3. The minimum absolute atomic E-state index is 0.0135. The van der Waals surface area contributed by atoms with Crippen LogP contribution in [0.4, 0.5) is 0 Å². The van der Waals surface area contributed by atoms with Crippen molar-refractivity contribution in [1.82, 2.24) is 0 Å². The summed E-state index contributed by atoms with van der Waals surface area (Å²) in [6.45, 7) is 41.8. The van der Waals surface area contributed by atoms with Gasteiger partial charge in [-0.3, -0.25) is 4.03 Å². The molecule has 22 nitrogen and oxygen atoms in total. The molecule has 6 heterocycles. The van der Waals surface area contributed by atoms with E-state index < -0.39 is 93.9 Å². The standard InChI is InChI=1S/C15H28O3S2Si.C14H28N2O2S2Si.C8H13NO3S2.C7H7ClO4S2.C7H9NO4S2.C7H8O2S/c1-11-12(15(5,6)16)9-13(19-11)20(17,18)10-21(7,8)14(2,3)4;1-10-11(14(5,6)17)9-12(19-10)20(15,18)16-21(7,8)13(2,3)4;1-5-6(8(2,3)10)4-7(13-5)14(9,11)12;2*1-4-5(7(9)12-2)3-6(13-4)14(8,10)11;1-5-6(3-4-10-5)7(8)9-2/h9,16H,10H2,1-8H3;9,17H,1-8H3,(H2,15,16,18);4,10H,1-3H3,(H2,9,11,12);3H,1-2H3;3H,1-2H3,(H2,8,10,11);3-4H,1-2H3. The van der Waals surface area contributed by atoms with Gasteiger partial charge >= 0.3 is 17.9 Å². The highest BCUT2D eigenvalue weighted by Gasteiger charge is 2.41. The first-order valence-corrected chi connectivity index (χ1v) is 47.8. The highest BCUT2D eigenvalue weighted by atomic mass is 35.7. The van der Waals surface area contributed by atoms with E-state index in [0.29, 0.717) is 34.9 Å². The van der Waals surface area contributed by atoms with E-state index in [1.54, 1.807) is 91.8 Å². The maximum Gasteiger partial charge on any atom is 0.339 e. The Labute approximate surface area is 587 Å². The van der Waals surface area contributed by atoms with Crippen molar-refractivity contribution < 1.29 is 81.8 Å². The smallest absolute Gasteiger partial charge is 0.339 e. The van der Waals surface area contributed by atoms with Gasteiger partial charge in [-0.1, -0.05) is 54.6 Å². The van der Waals surface area contributed by atoms with Gasteiger partial charge in [-0.2, -0.15) is 0 Å². The van der Waals surface area contributed by atoms with Gasteiger partial charge in [0.25, 0.3) is 9.05 Å². The summed E-state index contributed by atoms with van der Waals surface area (Å²) < 4.78 is 123. The molecule has 0 spiro atoms. The second-order valence-corrected chi connectivity index (χ2v) is 55.4. The molecule has 0 aliphatic rings. The average molecular weight is 1580 g/mol. The maximum atomic E-state index is 12.9. The number of rotatable bonds is 14. The summed E-state index contributed by atoms with van der Waals surface area (Å²) >= 11 is 7.16. The van der Waals surface area contributed by atoms with E-state index in [9.17, 15) is 67.6 Å². The van der Waals surface area contributed by atoms with Crippen molar-refractivity contribution in [2.24, 2.45) is 19.4 Å². The van der Waals surface area contributed by atoms with Crippen molar-refractivity contribution >= 4 is 162 Å². The molecule has 0 saturated carbocycles. The van der Waals surface area contributed by atoms with Crippen LogP contribution in [0.1, 0.15) is 160 Å². The monoisotopic (exact) mass is 1580 g/mol. The number of ether oxygens (including phenoxy) is 3. The van der Waals surface area contributed by atoms with Crippen molar-refractivity contribution in [2.75, 3.05) is 26.7 Å². The van der Waals surface area contributed by atoms with Gasteiger partial charge in [0.2, 0.25) is 20.0 Å². The van der Waals surface area contributed by atoms with E-state index >= 15 is 0 Å². The Kier molecular flexibility index (Phi) is 31.1. The Morgan fingerprint density at radius 1 is 0.479 bits per heavy atom. The van der Waals surface area contributed by atoms with Crippen LogP contribution in [0.5, 0.6) is 0 Å². The minimum atomic E-state index is -3.76.